The van der Waals surface area contributed by atoms with E-state index in [4.69, 9.17) is 14.2 Å². The molecule has 0 aliphatic rings. The lowest BCUT2D eigenvalue weighted by atomic mass is 10.1. The molecule has 1 heterocycles. The predicted molar refractivity (Wildman–Crippen MR) is 96.8 cm³/mol. The van der Waals surface area contributed by atoms with E-state index in [0.29, 0.717) is 23.3 Å². The molecule has 0 radical (unpaired) electrons. The molecular formula is C19H19N3O3. The molecule has 1 aromatic heterocycles. The number of nitrogens with zero attached hydrogens (tertiary/aromatic N) is 2. The second kappa shape index (κ2) is 7.53. The first-order chi connectivity index (χ1) is 12.2. The molecule has 6 nitrogen and oxygen atoms in total. The minimum absolute atomic E-state index is 0.400. The third kappa shape index (κ3) is 3.63. The zero-order valence-corrected chi connectivity index (χ0v) is 14.3. The van der Waals surface area contributed by atoms with Gasteiger partial charge in [-0.15, -0.1) is 0 Å². The first kappa shape index (κ1) is 16.6. The molecule has 0 unspecified atom stereocenters. The molecular weight excluding hydrogens is 318 g/mol. The fourth-order valence-electron chi connectivity index (χ4n) is 2.43. The van der Waals surface area contributed by atoms with Gasteiger partial charge in [0.05, 0.1) is 21.3 Å². The Balaban J connectivity index is 2.03. The highest BCUT2D eigenvalue weighted by Gasteiger charge is 2.18. The Bertz CT molecular complexity index is 811. The Labute approximate surface area is 146 Å². The van der Waals surface area contributed by atoms with Gasteiger partial charge in [-0.3, -0.25) is 0 Å². The summed E-state index contributed by atoms with van der Waals surface area (Å²) in [6, 6.07) is 17.2. The van der Waals surface area contributed by atoms with Gasteiger partial charge in [-0.2, -0.15) is 9.97 Å². The van der Waals surface area contributed by atoms with Crippen LogP contribution in [-0.4, -0.2) is 31.3 Å². The Morgan fingerprint density at radius 3 is 1.84 bits per heavy atom. The summed E-state index contributed by atoms with van der Waals surface area (Å²) in [6.07, 6.45) is 0. The molecule has 3 aromatic rings. The van der Waals surface area contributed by atoms with E-state index in [1.807, 2.05) is 54.6 Å². The molecule has 0 aliphatic carbocycles. The van der Waals surface area contributed by atoms with Crippen LogP contribution >= 0.6 is 0 Å². The first-order valence-corrected chi connectivity index (χ1v) is 7.71. The standard InChI is InChI=1S/C19H19N3O3/c1-23-15-11-9-13(10-12-15)16-17(24-2)21-19(22-18(16)25-3)20-14-7-5-4-6-8-14/h4-12H,1-3H3,(H,20,21,22). The van der Waals surface area contributed by atoms with Gasteiger partial charge in [0.2, 0.25) is 17.7 Å². The lowest BCUT2D eigenvalue weighted by Gasteiger charge is -2.14. The van der Waals surface area contributed by atoms with E-state index in [9.17, 15) is 0 Å². The van der Waals surface area contributed by atoms with Gasteiger partial charge in [0.1, 0.15) is 11.3 Å². The summed E-state index contributed by atoms with van der Waals surface area (Å²) >= 11 is 0. The van der Waals surface area contributed by atoms with Crippen molar-refractivity contribution in [3.63, 3.8) is 0 Å². The van der Waals surface area contributed by atoms with E-state index in [0.717, 1.165) is 17.0 Å². The van der Waals surface area contributed by atoms with Crippen LogP contribution in [0.3, 0.4) is 0 Å². The summed E-state index contributed by atoms with van der Waals surface area (Å²) < 4.78 is 16.1. The van der Waals surface area contributed by atoms with E-state index in [-0.39, 0.29) is 0 Å². The van der Waals surface area contributed by atoms with E-state index in [2.05, 4.69) is 15.3 Å². The molecule has 6 heteroatoms. The minimum atomic E-state index is 0.400. The van der Waals surface area contributed by atoms with E-state index in [1.54, 1.807) is 21.3 Å². The largest absolute Gasteiger partial charge is 0.497 e. The van der Waals surface area contributed by atoms with Crippen LogP contribution in [0.15, 0.2) is 54.6 Å². The quantitative estimate of drug-likeness (QED) is 0.735. The second-order valence-corrected chi connectivity index (χ2v) is 5.16. The molecule has 2 aromatic carbocycles. The third-order valence-corrected chi connectivity index (χ3v) is 3.64. The molecule has 1 N–H and O–H groups in total. The van der Waals surface area contributed by atoms with Crippen LogP contribution < -0.4 is 19.5 Å². The summed E-state index contributed by atoms with van der Waals surface area (Å²) in [4.78, 5) is 8.92. The normalized spacial score (nSPS) is 10.2. The van der Waals surface area contributed by atoms with Gasteiger partial charge in [0, 0.05) is 5.69 Å². The van der Waals surface area contributed by atoms with Gasteiger partial charge in [-0.25, -0.2) is 0 Å². The number of methoxy groups -OCH3 is 3. The average molecular weight is 337 g/mol. The minimum Gasteiger partial charge on any atom is -0.497 e. The molecule has 0 fully saturated rings. The van der Waals surface area contributed by atoms with Gasteiger partial charge >= 0.3 is 0 Å². The number of hydrogen-bond donors (Lipinski definition) is 1. The average Bonchev–Trinajstić information content (AvgIpc) is 2.68. The van der Waals surface area contributed by atoms with Crippen LogP contribution in [0.25, 0.3) is 11.1 Å². The maximum Gasteiger partial charge on any atom is 0.233 e. The molecule has 128 valence electrons. The molecule has 3 rings (SSSR count). The molecule has 0 amide bonds. The number of hydrogen-bond acceptors (Lipinski definition) is 6. The number of anilines is 2. The van der Waals surface area contributed by atoms with Gasteiger partial charge in [0.15, 0.2) is 0 Å². The number of nitrogens with one attached hydrogen (secondary N) is 1. The summed E-state index contributed by atoms with van der Waals surface area (Å²) in [7, 11) is 4.77. The summed E-state index contributed by atoms with van der Waals surface area (Å²) in [5.74, 6) is 2.02. The van der Waals surface area contributed by atoms with Crippen LogP contribution in [0.5, 0.6) is 17.5 Å². The van der Waals surface area contributed by atoms with Crippen LogP contribution in [0.4, 0.5) is 11.6 Å². The van der Waals surface area contributed by atoms with Crippen molar-refractivity contribution in [3.8, 4) is 28.6 Å². The zero-order valence-electron chi connectivity index (χ0n) is 14.3. The van der Waals surface area contributed by atoms with Crippen molar-refractivity contribution in [1.82, 2.24) is 9.97 Å². The fourth-order valence-corrected chi connectivity index (χ4v) is 2.43. The van der Waals surface area contributed by atoms with Crippen molar-refractivity contribution in [1.29, 1.82) is 0 Å². The highest BCUT2D eigenvalue weighted by molar-refractivity contribution is 5.75. The van der Waals surface area contributed by atoms with Crippen LogP contribution in [0.2, 0.25) is 0 Å². The first-order valence-electron chi connectivity index (χ1n) is 7.71. The van der Waals surface area contributed by atoms with E-state index < -0.39 is 0 Å². The Kier molecular flexibility index (Phi) is 4.99. The summed E-state index contributed by atoms with van der Waals surface area (Å²) in [5, 5.41) is 3.15. The molecule has 0 spiro atoms. The van der Waals surface area contributed by atoms with Gasteiger partial charge < -0.3 is 19.5 Å². The van der Waals surface area contributed by atoms with Crippen molar-refractivity contribution < 1.29 is 14.2 Å². The molecule has 0 atom stereocenters. The molecule has 0 bridgehead atoms. The van der Waals surface area contributed by atoms with Gasteiger partial charge in [-0.1, -0.05) is 30.3 Å². The number of para-hydroxylation sites is 1. The smallest absolute Gasteiger partial charge is 0.233 e. The number of ether oxygens (including phenoxy) is 3. The topological polar surface area (TPSA) is 65.5 Å². The lowest BCUT2D eigenvalue weighted by molar-refractivity contribution is 0.376. The second-order valence-electron chi connectivity index (χ2n) is 5.16. The van der Waals surface area contributed by atoms with Crippen LogP contribution in [-0.2, 0) is 0 Å². The monoisotopic (exact) mass is 337 g/mol. The SMILES string of the molecule is COc1ccc(-c2c(OC)nc(Nc3ccccc3)nc2OC)cc1. The number of benzene rings is 2. The zero-order chi connectivity index (χ0) is 17.6. The predicted octanol–water partition coefficient (Wildman–Crippen LogP) is 3.91. The van der Waals surface area contributed by atoms with Crippen molar-refractivity contribution in [2.45, 2.75) is 0 Å². The van der Waals surface area contributed by atoms with E-state index in [1.165, 1.54) is 0 Å². The molecule has 25 heavy (non-hydrogen) atoms. The van der Waals surface area contributed by atoms with Crippen LogP contribution in [0.1, 0.15) is 0 Å². The van der Waals surface area contributed by atoms with Crippen molar-refractivity contribution in [2.75, 3.05) is 26.6 Å². The van der Waals surface area contributed by atoms with Gasteiger partial charge in [-0.05, 0) is 29.8 Å². The lowest BCUT2D eigenvalue weighted by Crippen LogP contribution is -2.04. The Hall–Kier alpha value is -3.28. The molecule has 0 aliphatic heterocycles. The Morgan fingerprint density at radius 2 is 1.32 bits per heavy atom. The van der Waals surface area contributed by atoms with Crippen LogP contribution in [0, 0.1) is 0 Å². The Morgan fingerprint density at radius 1 is 0.720 bits per heavy atom. The van der Waals surface area contributed by atoms with Gasteiger partial charge in [0.25, 0.3) is 0 Å². The molecule has 0 saturated carbocycles. The van der Waals surface area contributed by atoms with Crippen molar-refractivity contribution in [2.24, 2.45) is 0 Å². The summed E-state index contributed by atoms with van der Waals surface area (Å²) in [6.45, 7) is 0. The highest BCUT2D eigenvalue weighted by Crippen LogP contribution is 2.37. The fraction of sp³-hybridized carbons (Fsp3) is 0.158. The maximum atomic E-state index is 5.47. The van der Waals surface area contributed by atoms with Crippen molar-refractivity contribution >= 4 is 11.6 Å². The summed E-state index contributed by atoms with van der Waals surface area (Å²) in [5.41, 5.74) is 2.44. The van der Waals surface area contributed by atoms with E-state index >= 15 is 0 Å². The third-order valence-electron chi connectivity index (χ3n) is 3.64. The maximum absolute atomic E-state index is 5.47. The highest BCUT2D eigenvalue weighted by atomic mass is 16.5. The number of rotatable bonds is 6. The van der Waals surface area contributed by atoms with Crippen molar-refractivity contribution in [3.05, 3.63) is 54.6 Å². The molecule has 0 saturated heterocycles. The number of aromatic nitrogens is 2.